The first-order chi connectivity index (χ1) is 14.6. The van der Waals surface area contributed by atoms with Gasteiger partial charge in [-0.05, 0) is 30.7 Å². The maximum Gasteiger partial charge on any atom is 0.324 e. The van der Waals surface area contributed by atoms with Gasteiger partial charge in [-0.15, -0.1) is 0 Å². The number of imide groups is 1. The van der Waals surface area contributed by atoms with Crippen molar-refractivity contribution >= 4 is 34.6 Å². The van der Waals surface area contributed by atoms with Crippen molar-refractivity contribution in [3.05, 3.63) is 58.9 Å². The first kappa shape index (κ1) is 20.0. The molecule has 0 bridgehead atoms. The standard InChI is InChI=1S/C21H20N4O4S/c1-29-15-7-4-6-14(12-15)25-19(27)16-8-2-3-9-17(16)23-21(25)30-11-5-10-24-18(26)13-22-20(24)28/h2-4,6-9,12H,5,10-11,13H2,1H3,(H,22,28). The fraction of sp³-hybridized carbons (Fsp3) is 0.238. The van der Waals surface area contributed by atoms with Crippen LogP contribution >= 0.6 is 11.8 Å². The van der Waals surface area contributed by atoms with Crippen LogP contribution in [0, 0.1) is 0 Å². The van der Waals surface area contributed by atoms with Gasteiger partial charge in [-0.1, -0.05) is 30.0 Å². The van der Waals surface area contributed by atoms with Crippen molar-refractivity contribution in [1.82, 2.24) is 19.8 Å². The van der Waals surface area contributed by atoms with Crippen LogP contribution < -0.4 is 15.6 Å². The number of urea groups is 1. The van der Waals surface area contributed by atoms with Gasteiger partial charge in [-0.2, -0.15) is 0 Å². The number of hydrogen-bond acceptors (Lipinski definition) is 6. The largest absolute Gasteiger partial charge is 0.497 e. The van der Waals surface area contributed by atoms with Crippen molar-refractivity contribution < 1.29 is 14.3 Å². The molecule has 0 saturated carbocycles. The van der Waals surface area contributed by atoms with E-state index in [4.69, 9.17) is 9.72 Å². The van der Waals surface area contributed by atoms with Gasteiger partial charge in [0, 0.05) is 18.4 Å². The molecule has 9 heteroatoms. The lowest BCUT2D eigenvalue weighted by Crippen LogP contribution is -2.32. The van der Waals surface area contributed by atoms with Crippen LogP contribution in [0.2, 0.25) is 0 Å². The van der Waals surface area contributed by atoms with Crippen molar-refractivity contribution in [2.24, 2.45) is 0 Å². The summed E-state index contributed by atoms with van der Waals surface area (Å²) in [5.74, 6) is 1.01. The monoisotopic (exact) mass is 424 g/mol. The van der Waals surface area contributed by atoms with Crippen molar-refractivity contribution in [3.8, 4) is 11.4 Å². The molecule has 1 aromatic heterocycles. The number of thioether (sulfide) groups is 1. The van der Waals surface area contributed by atoms with Gasteiger partial charge < -0.3 is 10.1 Å². The Kier molecular flexibility index (Phi) is 5.71. The van der Waals surface area contributed by atoms with E-state index in [0.29, 0.717) is 46.2 Å². The maximum atomic E-state index is 13.2. The van der Waals surface area contributed by atoms with E-state index in [0.717, 1.165) is 0 Å². The van der Waals surface area contributed by atoms with Gasteiger partial charge in [0.05, 0.1) is 30.2 Å². The Bertz CT molecular complexity index is 1160. The van der Waals surface area contributed by atoms with Crippen LogP contribution in [0.1, 0.15) is 6.42 Å². The molecule has 1 saturated heterocycles. The summed E-state index contributed by atoms with van der Waals surface area (Å²) in [6.45, 7) is 0.377. The molecule has 154 valence electrons. The van der Waals surface area contributed by atoms with E-state index in [1.54, 1.807) is 23.8 Å². The smallest absolute Gasteiger partial charge is 0.324 e. The highest BCUT2D eigenvalue weighted by Gasteiger charge is 2.27. The van der Waals surface area contributed by atoms with E-state index in [2.05, 4.69) is 5.32 Å². The van der Waals surface area contributed by atoms with Crippen molar-refractivity contribution in [3.63, 3.8) is 0 Å². The van der Waals surface area contributed by atoms with E-state index in [9.17, 15) is 14.4 Å². The number of aromatic nitrogens is 2. The molecule has 0 atom stereocenters. The molecule has 0 spiro atoms. The zero-order valence-electron chi connectivity index (χ0n) is 16.3. The third-order valence-electron chi connectivity index (χ3n) is 4.75. The molecule has 2 heterocycles. The van der Waals surface area contributed by atoms with Gasteiger partial charge in [0.15, 0.2) is 5.16 Å². The highest BCUT2D eigenvalue weighted by molar-refractivity contribution is 7.99. The zero-order valence-corrected chi connectivity index (χ0v) is 17.1. The molecule has 0 unspecified atom stereocenters. The topological polar surface area (TPSA) is 93.5 Å². The molecule has 1 N–H and O–H groups in total. The lowest BCUT2D eigenvalue weighted by molar-refractivity contribution is -0.124. The SMILES string of the molecule is COc1cccc(-n2c(SCCCN3C(=O)CNC3=O)nc3ccccc3c2=O)c1. The Labute approximate surface area is 176 Å². The van der Waals surface area contributed by atoms with Crippen LogP contribution in [-0.2, 0) is 4.79 Å². The Morgan fingerprint density at radius 1 is 1.13 bits per heavy atom. The first-order valence-electron chi connectivity index (χ1n) is 9.45. The van der Waals surface area contributed by atoms with Crippen LogP contribution in [0.4, 0.5) is 4.79 Å². The number of para-hydroxylation sites is 1. The lowest BCUT2D eigenvalue weighted by atomic mass is 10.2. The lowest BCUT2D eigenvalue weighted by Gasteiger charge is -2.15. The van der Waals surface area contributed by atoms with Gasteiger partial charge in [-0.3, -0.25) is 19.1 Å². The normalized spacial score (nSPS) is 13.7. The minimum atomic E-state index is -0.359. The predicted octanol–water partition coefficient (Wildman–Crippen LogP) is 2.43. The fourth-order valence-corrected chi connectivity index (χ4v) is 4.19. The Hall–Kier alpha value is -3.33. The van der Waals surface area contributed by atoms with Crippen LogP contribution in [0.3, 0.4) is 0 Å². The van der Waals surface area contributed by atoms with Crippen LogP contribution in [-0.4, -0.2) is 52.3 Å². The molecule has 1 fully saturated rings. The molecular formula is C21H20N4O4S. The number of nitrogens with one attached hydrogen (secondary N) is 1. The van der Waals surface area contributed by atoms with E-state index < -0.39 is 0 Å². The zero-order chi connectivity index (χ0) is 21.1. The van der Waals surface area contributed by atoms with Crippen LogP contribution in [0.5, 0.6) is 5.75 Å². The summed E-state index contributed by atoms with van der Waals surface area (Å²) in [5.41, 5.74) is 1.12. The average molecular weight is 424 g/mol. The highest BCUT2D eigenvalue weighted by atomic mass is 32.2. The van der Waals surface area contributed by atoms with Crippen molar-refractivity contribution in [1.29, 1.82) is 0 Å². The molecule has 0 aliphatic carbocycles. The summed E-state index contributed by atoms with van der Waals surface area (Å²) < 4.78 is 6.87. The molecule has 30 heavy (non-hydrogen) atoms. The quantitative estimate of drug-likeness (QED) is 0.271. The summed E-state index contributed by atoms with van der Waals surface area (Å²) in [6.07, 6.45) is 0.588. The van der Waals surface area contributed by atoms with Gasteiger partial charge in [0.25, 0.3) is 5.56 Å². The van der Waals surface area contributed by atoms with E-state index in [1.165, 1.54) is 16.7 Å². The molecule has 0 radical (unpaired) electrons. The van der Waals surface area contributed by atoms with Gasteiger partial charge in [-0.25, -0.2) is 9.78 Å². The predicted molar refractivity (Wildman–Crippen MR) is 114 cm³/mol. The molecule has 8 nitrogen and oxygen atoms in total. The Morgan fingerprint density at radius 2 is 1.97 bits per heavy atom. The van der Waals surface area contributed by atoms with Crippen molar-refractivity contribution in [2.45, 2.75) is 11.6 Å². The number of carbonyl (C=O) groups excluding carboxylic acids is 2. The number of fused-ring (bicyclic) bond motifs is 1. The average Bonchev–Trinajstić information content (AvgIpc) is 3.09. The van der Waals surface area contributed by atoms with E-state index >= 15 is 0 Å². The number of rotatable bonds is 7. The number of amides is 3. The number of ether oxygens (including phenoxy) is 1. The summed E-state index contributed by atoms with van der Waals surface area (Å²) in [5, 5.41) is 3.58. The third kappa shape index (κ3) is 3.88. The van der Waals surface area contributed by atoms with E-state index in [-0.39, 0.29) is 24.0 Å². The molecule has 2 aromatic carbocycles. The Balaban J connectivity index is 1.63. The number of hydrogen-bond donors (Lipinski definition) is 1. The molecule has 4 rings (SSSR count). The van der Waals surface area contributed by atoms with Gasteiger partial charge in [0.1, 0.15) is 5.75 Å². The molecule has 3 amide bonds. The first-order valence-corrected chi connectivity index (χ1v) is 10.4. The third-order valence-corrected chi connectivity index (χ3v) is 5.78. The number of benzene rings is 2. The second kappa shape index (κ2) is 8.58. The summed E-state index contributed by atoms with van der Waals surface area (Å²) in [4.78, 5) is 42.5. The van der Waals surface area contributed by atoms with Crippen LogP contribution in [0.15, 0.2) is 58.5 Å². The molecular weight excluding hydrogens is 404 g/mol. The summed E-state index contributed by atoms with van der Waals surface area (Å²) >= 11 is 1.41. The fourth-order valence-electron chi connectivity index (χ4n) is 3.25. The van der Waals surface area contributed by atoms with Gasteiger partial charge in [0.2, 0.25) is 5.91 Å². The minimum Gasteiger partial charge on any atom is -0.497 e. The highest BCUT2D eigenvalue weighted by Crippen LogP contribution is 2.24. The molecule has 1 aliphatic rings. The summed E-state index contributed by atoms with van der Waals surface area (Å²) in [7, 11) is 1.58. The van der Waals surface area contributed by atoms with E-state index in [1.807, 2.05) is 36.4 Å². The number of nitrogens with zero attached hydrogens (tertiary/aromatic N) is 3. The summed E-state index contributed by atoms with van der Waals surface area (Å²) in [6, 6.07) is 14.1. The van der Waals surface area contributed by atoms with Crippen molar-refractivity contribution in [2.75, 3.05) is 26.0 Å². The molecule has 1 aliphatic heterocycles. The number of methoxy groups -OCH3 is 1. The second-order valence-electron chi connectivity index (χ2n) is 6.66. The Morgan fingerprint density at radius 3 is 2.73 bits per heavy atom. The minimum absolute atomic E-state index is 0.0492. The number of carbonyl (C=O) groups is 2. The van der Waals surface area contributed by atoms with Gasteiger partial charge >= 0.3 is 6.03 Å². The van der Waals surface area contributed by atoms with Crippen LogP contribution in [0.25, 0.3) is 16.6 Å². The second-order valence-corrected chi connectivity index (χ2v) is 7.72. The maximum absolute atomic E-state index is 13.2. The molecule has 3 aromatic rings.